The van der Waals surface area contributed by atoms with Gasteiger partial charge in [0.05, 0.1) is 31.9 Å². The van der Waals surface area contributed by atoms with Gasteiger partial charge in [0.25, 0.3) is 11.8 Å². The van der Waals surface area contributed by atoms with Crippen LogP contribution in [-0.2, 0) is 6.54 Å². The Bertz CT molecular complexity index is 719. The number of ether oxygens (including phenoxy) is 2. The lowest BCUT2D eigenvalue weighted by Gasteiger charge is -2.15. The van der Waals surface area contributed by atoms with Crippen molar-refractivity contribution in [2.75, 3.05) is 14.2 Å². The van der Waals surface area contributed by atoms with Crippen LogP contribution in [0.1, 0.15) is 26.3 Å². The van der Waals surface area contributed by atoms with E-state index in [1.165, 1.54) is 4.90 Å². The molecule has 0 N–H and O–H groups in total. The molecule has 0 fully saturated rings. The van der Waals surface area contributed by atoms with E-state index in [1.54, 1.807) is 50.6 Å². The SMILES string of the molecule is COc1ccc(CN2C(=O)c3ccccc3C2=O)cc1OC. The lowest BCUT2D eigenvalue weighted by molar-refractivity contribution is 0.0642. The maximum Gasteiger partial charge on any atom is 0.261 e. The minimum Gasteiger partial charge on any atom is -0.493 e. The first-order valence-electron chi connectivity index (χ1n) is 6.82. The molecule has 1 heterocycles. The van der Waals surface area contributed by atoms with Gasteiger partial charge in [-0.25, -0.2) is 0 Å². The predicted octanol–water partition coefficient (Wildman–Crippen LogP) is 2.50. The van der Waals surface area contributed by atoms with Crippen LogP contribution in [0.15, 0.2) is 42.5 Å². The number of benzene rings is 2. The van der Waals surface area contributed by atoms with Gasteiger partial charge in [-0.1, -0.05) is 18.2 Å². The number of carbonyl (C=O) groups excluding carboxylic acids is 2. The summed E-state index contributed by atoms with van der Waals surface area (Å²) >= 11 is 0. The Morgan fingerprint density at radius 2 is 1.45 bits per heavy atom. The molecule has 0 spiro atoms. The van der Waals surface area contributed by atoms with Gasteiger partial charge in [-0.3, -0.25) is 14.5 Å². The van der Waals surface area contributed by atoms with Gasteiger partial charge in [0.15, 0.2) is 11.5 Å². The summed E-state index contributed by atoms with van der Waals surface area (Å²) in [6.07, 6.45) is 0. The monoisotopic (exact) mass is 297 g/mol. The number of fused-ring (bicyclic) bond motifs is 1. The van der Waals surface area contributed by atoms with E-state index in [0.717, 1.165) is 5.56 Å². The number of hydrogen-bond donors (Lipinski definition) is 0. The fourth-order valence-electron chi connectivity index (χ4n) is 2.54. The van der Waals surface area contributed by atoms with Gasteiger partial charge < -0.3 is 9.47 Å². The minimum absolute atomic E-state index is 0.201. The topological polar surface area (TPSA) is 55.8 Å². The largest absolute Gasteiger partial charge is 0.493 e. The van der Waals surface area contributed by atoms with Crippen LogP contribution >= 0.6 is 0 Å². The van der Waals surface area contributed by atoms with Gasteiger partial charge in [0, 0.05) is 0 Å². The second-order valence-corrected chi connectivity index (χ2v) is 4.93. The summed E-state index contributed by atoms with van der Waals surface area (Å²) in [5.41, 5.74) is 1.70. The molecule has 112 valence electrons. The third kappa shape index (κ3) is 2.20. The third-order valence-corrected chi connectivity index (χ3v) is 3.67. The molecule has 0 bridgehead atoms. The molecule has 5 nitrogen and oxygen atoms in total. The number of methoxy groups -OCH3 is 2. The highest BCUT2D eigenvalue weighted by atomic mass is 16.5. The number of imide groups is 1. The van der Waals surface area contributed by atoms with Crippen LogP contribution in [0.3, 0.4) is 0 Å². The Morgan fingerprint density at radius 3 is 2.00 bits per heavy atom. The quantitative estimate of drug-likeness (QED) is 0.814. The van der Waals surface area contributed by atoms with E-state index in [4.69, 9.17) is 9.47 Å². The molecule has 0 aliphatic carbocycles. The molecular weight excluding hydrogens is 282 g/mol. The zero-order valence-electron chi connectivity index (χ0n) is 12.3. The van der Waals surface area contributed by atoms with Crippen molar-refractivity contribution in [3.8, 4) is 11.5 Å². The van der Waals surface area contributed by atoms with Crippen molar-refractivity contribution in [2.45, 2.75) is 6.54 Å². The van der Waals surface area contributed by atoms with Gasteiger partial charge in [-0.05, 0) is 29.8 Å². The van der Waals surface area contributed by atoms with Crippen LogP contribution < -0.4 is 9.47 Å². The molecule has 2 aromatic rings. The first-order valence-corrected chi connectivity index (χ1v) is 6.82. The second kappa shape index (κ2) is 5.52. The molecule has 5 heteroatoms. The smallest absolute Gasteiger partial charge is 0.261 e. The summed E-state index contributed by atoms with van der Waals surface area (Å²) in [4.78, 5) is 25.9. The summed E-state index contributed by atoms with van der Waals surface area (Å²) in [5.74, 6) is 0.635. The maximum atomic E-state index is 12.3. The van der Waals surface area contributed by atoms with E-state index in [2.05, 4.69) is 0 Å². The van der Waals surface area contributed by atoms with Crippen molar-refractivity contribution in [2.24, 2.45) is 0 Å². The predicted molar refractivity (Wildman–Crippen MR) is 80.2 cm³/mol. The van der Waals surface area contributed by atoms with Crippen LogP contribution in [0.5, 0.6) is 11.5 Å². The zero-order chi connectivity index (χ0) is 15.7. The van der Waals surface area contributed by atoms with E-state index in [9.17, 15) is 9.59 Å². The van der Waals surface area contributed by atoms with Crippen LogP contribution in [0.25, 0.3) is 0 Å². The van der Waals surface area contributed by atoms with Gasteiger partial charge in [0.2, 0.25) is 0 Å². The summed E-state index contributed by atoms with van der Waals surface area (Å²) in [7, 11) is 3.10. The summed E-state index contributed by atoms with van der Waals surface area (Å²) < 4.78 is 10.4. The van der Waals surface area contributed by atoms with Crippen LogP contribution in [0.4, 0.5) is 0 Å². The highest BCUT2D eigenvalue weighted by molar-refractivity contribution is 6.21. The fraction of sp³-hybridized carbons (Fsp3) is 0.176. The highest BCUT2D eigenvalue weighted by Crippen LogP contribution is 2.30. The van der Waals surface area contributed by atoms with Gasteiger partial charge in [-0.15, -0.1) is 0 Å². The molecule has 1 aliphatic heterocycles. The van der Waals surface area contributed by atoms with Gasteiger partial charge >= 0.3 is 0 Å². The summed E-state index contributed by atoms with van der Waals surface area (Å²) in [6, 6.07) is 12.2. The molecule has 2 aromatic carbocycles. The van der Waals surface area contributed by atoms with E-state index >= 15 is 0 Å². The second-order valence-electron chi connectivity index (χ2n) is 4.93. The number of nitrogens with zero attached hydrogens (tertiary/aromatic N) is 1. The Morgan fingerprint density at radius 1 is 0.864 bits per heavy atom. The standard InChI is InChI=1S/C17H15NO4/c1-21-14-8-7-11(9-15(14)22-2)10-18-16(19)12-5-3-4-6-13(12)17(18)20/h3-9H,10H2,1-2H3. The summed E-state index contributed by atoms with van der Waals surface area (Å²) in [5, 5.41) is 0. The lowest BCUT2D eigenvalue weighted by Crippen LogP contribution is -2.29. The highest BCUT2D eigenvalue weighted by Gasteiger charge is 2.35. The molecule has 2 amide bonds. The number of amides is 2. The number of carbonyl (C=O) groups is 2. The van der Waals surface area contributed by atoms with Crippen molar-refractivity contribution in [1.29, 1.82) is 0 Å². The number of rotatable bonds is 4. The third-order valence-electron chi connectivity index (χ3n) is 3.67. The Kier molecular flexibility index (Phi) is 3.55. The maximum absolute atomic E-state index is 12.3. The Labute approximate surface area is 128 Å². The molecule has 22 heavy (non-hydrogen) atoms. The molecule has 0 aromatic heterocycles. The van der Waals surface area contributed by atoms with Gasteiger partial charge in [0.1, 0.15) is 0 Å². The van der Waals surface area contributed by atoms with E-state index < -0.39 is 0 Å². The first-order chi connectivity index (χ1) is 10.7. The fourth-order valence-corrected chi connectivity index (χ4v) is 2.54. The molecule has 3 rings (SSSR count). The molecule has 0 saturated heterocycles. The molecule has 0 atom stereocenters. The van der Waals surface area contributed by atoms with Gasteiger partial charge in [-0.2, -0.15) is 0 Å². The van der Waals surface area contributed by atoms with Crippen LogP contribution in [0.2, 0.25) is 0 Å². The first kappa shape index (κ1) is 14.1. The Hall–Kier alpha value is -2.82. The van der Waals surface area contributed by atoms with E-state index in [1.807, 2.05) is 6.07 Å². The van der Waals surface area contributed by atoms with Crippen LogP contribution in [-0.4, -0.2) is 30.9 Å². The number of hydrogen-bond acceptors (Lipinski definition) is 4. The van der Waals surface area contributed by atoms with E-state index in [-0.39, 0.29) is 18.4 Å². The molecule has 0 unspecified atom stereocenters. The van der Waals surface area contributed by atoms with Crippen LogP contribution in [0, 0.1) is 0 Å². The Balaban J connectivity index is 1.89. The van der Waals surface area contributed by atoms with Crippen molar-refractivity contribution < 1.29 is 19.1 Å². The average molecular weight is 297 g/mol. The van der Waals surface area contributed by atoms with Crippen molar-refractivity contribution >= 4 is 11.8 Å². The molecule has 0 radical (unpaired) electrons. The van der Waals surface area contributed by atoms with E-state index in [0.29, 0.717) is 22.6 Å². The minimum atomic E-state index is -0.268. The normalized spacial score (nSPS) is 13.3. The zero-order valence-corrected chi connectivity index (χ0v) is 12.3. The molecular formula is C17H15NO4. The van der Waals surface area contributed by atoms with Crippen molar-refractivity contribution in [1.82, 2.24) is 4.90 Å². The molecule has 0 saturated carbocycles. The van der Waals surface area contributed by atoms with Crippen molar-refractivity contribution in [3.05, 3.63) is 59.2 Å². The lowest BCUT2D eigenvalue weighted by atomic mass is 10.1. The van der Waals surface area contributed by atoms with Crippen molar-refractivity contribution in [3.63, 3.8) is 0 Å². The molecule has 1 aliphatic rings. The average Bonchev–Trinajstić information content (AvgIpc) is 2.80. The summed E-state index contributed by atoms with van der Waals surface area (Å²) in [6.45, 7) is 0.201.